The monoisotopic (exact) mass is 278 g/mol. The molecule has 1 saturated heterocycles. The lowest BCUT2D eigenvalue weighted by Crippen LogP contribution is -2.49. The molecular weight excluding hydrogens is 252 g/mol. The lowest BCUT2D eigenvalue weighted by atomic mass is 9.86. The van der Waals surface area contributed by atoms with Crippen molar-refractivity contribution in [2.45, 2.75) is 51.2 Å². The molecule has 1 aliphatic rings. The smallest absolute Gasteiger partial charge is 0.213 e. The van der Waals surface area contributed by atoms with Crippen LogP contribution in [0.15, 0.2) is 0 Å². The molecule has 1 atom stereocenters. The molecule has 0 saturated carbocycles. The minimum Gasteiger partial charge on any atom is -0.375 e. The van der Waals surface area contributed by atoms with Crippen LogP contribution in [0.2, 0.25) is 0 Å². The van der Waals surface area contributed by atoms with Crippen LogP contribution in [0.4, 0.5) is 0 Å². The van der Waals surface area contributed by atoms with Gasteiger partial charge in [0.1, 0.15) is 0 Å². The Bertz CT molecular complexity index is 339. The first-order valence-corrected chi connectivity index (χ1v) is 8.40. The normalized spacial score (nSPS) is 24.1. The van der Waals surface area contributed by atoms with E-state index in [1.807, 2.05) is 0 Å². The fraction of sp³-hybridized carbons (Fsp3) is 1.00. The Hall–Kier alpha value is -0.170. The van der Waals surface area contributed by atoms with E-state index in [2.05, 4.69) is 23.9 Å². The van der Waals surface area contributed by atoms with Crippen LogP contribution in [0.5, 0.6) is 0 Å². The molecule has 0 amide bonds. The highest BCUT2D eigenvalue weighted by molar-refractivity contribution is 7.89. The maximum absolute atomic E-state index is 11.9. The number of hydrogen-bond acceptors (Lipinski definition) is 4. The first-order chi connectivity index (χ1) is 8.47. The molecule has 1 unspecified atom stereocenters. The van der Waals surface area contributed by atoms with Gasteiger partial charge < -0.3 is 10.1 Å². The summed E-state index contributed by atoms with van der Waals surface area (Å²) < 4.78 is 32.4. The lowest BCUT2D eigenvalue weighted by molar-refractivity contribution is -0.0905. The van der Waals surface area contributed by atoms with Crippen LogP contribution in [0.3, 0.4) is 0 Å². The molecule has 0 bridgehead atoms. The summed E-state index contributed by atoms with van der Waals surface area (Å²) in [7, 11) is -1.42. The van der Waals surface area contributed by atoms with E-state index in [4.69, 9.17) is 4.74 Å². The largest absolute Gasteiger partial charge is 0.375 e. The van der Waals surface area contributed by atoms with Crippen molar-refractivity contribution in [1.29, 1.82) is 0 Å². The summed E-state index contributed by atoms with van der Waals surface area (Å²) in [6.45, 7) is 5.31. The van der Waals surface area contributed by atoms with Crippen LogP contribution in [-0.2, 0) is 14.8 Å². The summed E-state index contributed by atoms with van der Waals surface area (Å²) in [5.41, 5.74) is -0.144. The molecule has 0 aromatic rings. The molecule has 2 N–H and O–H groups in total. The highest BCUT2D eigenvalue weighted by atomic mass is 32.2. The summed E-state index contributed by atoms with van der Waals surface area (Å²) in [6, 6.07) is 0.0144. The lowest BCUT2D eigenvalue weighted by Gasteiger charge is -2.40. The molecule has 1 rings (SSSR count). The van der Waals surface area contributed by atoms with E-state index in [-0.39, 0.29) is 17.4 Å². The van der Waals surface area contributed by atoms with Gasteiger partial charge in [0.2, 0.25) is 10.0 Å². The van der Waals surface area contributed by atoms with Gasteiger partial charge in [0, 0.05) is 19.2 Å². The first-order valence-electron chi connectivity index (χ1n) is 6.75. The fourth-order valence-electron chi connectivity index (χ4n) is 2.42. The van der Waals surface area contributed by atoms with Crippen molar-refractivity contribution in [1.82, 2.24) is 10.0 Å². The second kappa shape index (κ2) is 6.84. The van der Waals surface area contributed by atoms with Gasteiger partial charge in [0.05, 0.1) is 11.4 Å². The van der Waals surface area contributed by atoms with Crippen molar-refractivity contribution in [2.24, 2.45) is 0 Å². The summed E-state index contributed by atoms with van der Waals surface area (Å²) in [5.74, 6) is 0.131. The van der Waals surface area contributed by atoms with Gasteiger partial charge in [0.25, 0.3) is 0 Å². The number of ether oxygens (including phenoxy) is 1. The maximum atomic E-state index is 11.9. The Labute approximate surface area is 111 Å². The van der Waals surface area contributed by atoms with Crippen molar-refractivity contribution >= 4 is 10.0 Å². The minimum atomic E-state index is -3.18. The highest BCUT2D eigenvalue weighted by Gasteiger charge is 2.35. The van der Waals surface area contributed by atoms with Crippen molar-refractivity contribution in [3.63, 3.8) is 0 Å². The molecule has 1 fully saturated rings. The van der Waals surface area contributed by atoms with Crippen molar-refractivity contribution in [3.8, 4) is 0 Å². The summed E-state index contributed by atoms with van der Waals surface area (Å²) >= 11 is 0. The Morgan fingerprint density at radius 1 is 1.33 bits per heavy atom. The zero-order chi connectivity index (χ0) is 13.6. The standard InChI is InChI=1S/C12H26N2O3S/c1-4-12(5-2)10-11(6-8-17-12)14-18(15,16)9-7-13-3/h11,13-14H,4-10H2,1-3H3. The highest BCUT2D eigenvalue weighted by Crippen LogP contribution is 2.31. The molecule has 0 spiro atoms. The fourth-order valence-corrected chi connectivity index (χ4v) is 3.72. The van der Waals surface area contributed by atoms with Gasteiger partial charge in [-0.3, -0.25) is 0 Å². The quantitative estimate of drug-likeness (QED) is 0.725. The number of sulfonamides is 1. The van der Waals surface area contributed by atoms with E-state index in [0.29, 0.717) is 13.2 Å². The van der Waals surface area contributed by atoms with Gasteiger partial charge in [-0.05, 0) is 32.7 Å². The van der Waals surface area contributed by atoms with Gasteiger partial charge in [-0.2, -0.15) is 0 Å². The van der Waals surface area contributed by atoms with Crippen molar-refractivity contribution < 1.29 is 13.2 Å². The van der Waals surface area contributed by atoms with Gasteiger partial charge in [-0.15, -0.1) is 0 Å². The van der Waals surface area contributed by atoms with E-state index in [1.165, 1.54) is 0 Å². The molecule has 5 nitrogen and oxygen atoms in total. The number of nitrogens with one attached hydrogen (secondary N) is 2. The number of rotatable bonds is 7. The molecular formula is C12H26N2O3S. The molecule has 0 aromatic heterocycles. The average molecular weight is 278 g/mol. The van der Waals surface area contributed by atoms with Crippen LogP contribution in [0, 0.1) is 0 Å². The molecule has 1 aliphatic heterocycles. The van der Waals surface area contributed by atoms with Crippen molar-refractivity contribution in [2.75, 3.05) is 26.0 Å². The minimum absolute atomic E-state index is 0.0144. The third-order valence-electron chi connectivity index (χ3n) is 3.75. The second-order valence-corrected chi connectivity index (χ2v) is 6.84. The molecule has 1 heterocycles. The zero-order valence-corrected chi connectivity index (χ0v) is 12.5. The zero-order valence-electron chi connectivity index (χ0n) is 11.7. The summed E-state index contributed by atoms with van der Waals surface area (Å²) in [4.78, 5) is 0. The molecule has 0 radical (unpaired) electrons. The SMILES string of the molecule is CCC1(CC)CC(NS(=O)(=O)CCNC)CCO1. The van der Waals surface area contributed by atoms with Gasteiger partial charge in [0.15, 0.2) is 0 Å². The maximum Gasteiger partial charge on any atom is 0.213 e. The Morgan fingerprint density at radius 3 is 2.56 bits per heavy atom. The molecule has 18 heavy (non-hydrogen) atoms. The van der Waals surface area contributed by atoms with E-state index in [1.54, 1.807) is 7.05 Å². The number of hydrogen-bond donors (Lipinski definition) is 2. The van der Waals surface area contributed by atoms with Crippen LogP contribution >= 0.6 is 0 Å². The van der Waals surface area contributed by atoms with E-state index >= 15 is 0 Å². The summed E-state index contributed by atoms with van der Waals surface area (Å²) in [6.07, 6.45) is 3.40. The molecule has 108 valence electrons. The predicted octanol–water partition coefficient (Wildman–Crippen LogP) is 0.863. The van der Waals surface area contributed by atoms with Gasteiger partial charge in [-0.25, -0.2) is 13.1 Å². The summed E-state index contributed by atoms with van der Waals surface area (Å²) in [5, 5.41) is 2.86. The predicted molar refractivity (Wildman–Crippen MR) is 73.1 cm³/mol. The van der Waals surface area contributed by atoms with Crippen molar-refractivity contribution in [3.05, 3.63) is 0 Å². The topological polar surface area (TPSA) is 67.4 Å². The Morgan fingerprint density at radius 2 is 2.00 bits per heavy atom. The third-order valence-corrected chi connectivity index (χ3v) is 5.18. The molecule has 6 heteroatoms. The second-order valence-electron chi connectivity index (χ2n) is 4.97. The van der Waals surface area contributed by atoms with Crippen LogP contribution in [-0.4, -0.2) is 46.0 Å². The third kappa shape index (κ3) is 4.50. The van der Waals surface area contributed by atoms with Gasteiger partial charge in [-0.1, -0.05) is 13.8 Å². The van der Waals surface area contributed by atoms with Crippen LogP contribution in [0.1, 0.15) is 39.5 Å². The van der Waals surface area contributed by atoms with E-state index in [9.17, 15) is 8.42 Å². The molecule has 0 aromatic carbocycles. The first kappa shape index (κ1) is 15.9. The van der Waals surface area contributed by atoms with Crippen LogP contribution < -0.4 is 10.0 Å². The van der Waals surface area contributed by atoms with Gasteiger partial charge >= 0.3 is 0 Å². The Balaban J connectivity index is 2.57. The Kier molecular flexibility index (Phi) is 6.04. The van der Waals surface area contributed by atoms with Crippen LogP contribution in [0.25, 0.3) is 0 Å². The van der Waals surface area contributed by atoms with E-state index < -0.39 is 10.0 Å². The van der Waals surface area contributed by atoms with E-state index in [0.717, 1.165) is 25.7 Å². The average Bonchev–Trinajstić information content (AvgIpc) is 2.36. The molecule has 0 aliphatic carbocycles.